The smallest absolute Gasteiger partial charge is 0.236 e. The Morgan fingerprint density at radius 1 is 1.26 bits per heavy atom. The Kier molecular flexibility index (Phi) is 6.80. The number of pyridine rings is 1. The first-order valence-corrected chi connectivity index (χ1v) is 12.5. The average Bonchev–Trinajstić information content (AvgIpc) is 3.69. The molecule has 0 aromatic carbocycles. The first-order valence-electron chi connectivity index (χ1n) is 12.5. The molecule has 3 aliphatic rings. The second-order valence-electron chi connectivity index (χ2n) is 9.37. The molecule has 2 aliphatic heterocycles. The molecule has 1 amide bonds. The van der Waals surface area contributed by atoms with Crippen molar-refractivity contribution < 1.29 is 23.5 Å². The number of rotatable bonds is 9. The number of allylic oxidation sites excluding steroid dienone is 3. The molecular formula is C26H27N7O5. The summed E-state index contributed by atoms with van der Waals surface area (Å²) >= 11 is 0. The zero-order valence-corrected chi connectivity index (χ0v) is 20.8. The fraction of sp³-hybridized carbons (Fsp3) is 0.385. The summed E-state index contributed by atoms with van der Waals surface area (Å²) in [7, 11) is 1.59. The van der Waals surface area contributed by atoms with Gasteiger partial charge in [0.25, 0.3) is 0 Å². The highest BCUT2D eigenvalue weighted by atomic mass is 16.5. The molecule has 3 aromatic heterocycles. The quantitative estimate of drug-likeness (QED) is 0.424. The van der Waals surface area contributed by atoms with Crippen molar-refractivity contribution >= 4 is 12.3 Å². The van der Waals surface area contributed by atoms with Crippen molar-refractivity contribution in [2.24, 2.45) is 5.10 Å². The Bertz CT molecular complexity index is 1390. The molecule has 1 fully saturated rings. The van der Waals surface area contributed by atoms with Crippen LogP contribution in [0.5, 0.6) is 0 Å². The van der Waals surface area contributed by atoms with E-state index in [2.05, 4.69) is 31.7 Å². The number of hydrogen-bond acceptors (Lipinski definition) is 10. The van der Waals surface area contributed by atoms with Crippen molar-refractivity contribution in [3.05, 3.63) is 71.0 Å². The van der Waals surface area contributed by atoms with Gasteiger partial charge in [-0.2, -0.15) is 4.68 Å². The number of nitrogens with zero attached hydrogens (tertiary/aromatic N) is 6. The van der Waals surface area contributed by atoms with Crippen LogP contribution in [0.3, 0.4) is 0 Å². The maximum absolute atomic E-state index is 10.6. The molecule has 1 saturated heterocycles. The minimum atomic E-state index is -0.0293. The third kappa shape index (κ3) is 4.87. The first-order chi connectivity index (χ1) is 18.7. The molecule has 0 saturated carbocycles. The number of fused-ring (bicyclic) bond motifs is 3. The highest BCUT2D eigenvalue weighted by molar-refractivity contribution is 5.96. The summed E-state index contributed by atoms with van der Waals surface area (Å²) in [6.45, 7) is 1.11. The number of hydrogen-bond donors (Lipinski definition) is 1. The molecule has 3 aromatic rings. The van der Waals surface area contributed by atoms with Crippen molar-refractivity contribution in [2.75, 3.05) is 13.7 Å². The molecule has 3 atom stereocenters. The number of carbonyl (C=O) groups excluding carboxylic acids is 1. The Hall–Kier alpha value is -4.16. The minimum absolute atomic E-state index is 0.0293. The first kappa shape index (κ1) is 24.2. The second kappa shape index (κ2) is 10.7. The summed E-state index contributed by atoms with van der Waals surface area (Å²) in [5.41, 5.74) is 3.32. The summed E-state index contributed by atoms with van der Waals surface area (Å²) in [5.74, 6) is 2.25. The fourth-order valence-electron chi connectivity index (χ4n) is 4.88. The number of amides is 1. The van der Waals surface area contributed by atoms with Crippen LogP contribution in [-0.4, -0.2) is 63.2 Å². The molecule has 0 radical (unpaired) electrons. The standard InChI is InChI=1S/C26H27N7O5/c1-35-14-20-10-23(32-38-20)25-30-29-24-21-4-2-3-5-22(21)26(31-33(24)25)37-12-17-7-6-16(11-27-17)8-19-9-18(13-36-19)28-15-34/h2-3,5-7,10-11,15,18-19,21H,4,8-9,12-14H2,1H3,(H,28,34). The van der Waals surface area contributed by atoms with Gasteiger partial charge in [-0.3, -0.25) is 9.78 Å². The zero-order valence-electron chi connectivity index (χ0n) is 20.8. The maximum Gasteiger partial charge on any atom is 0.236 e. The number of methoxy groups -OCH3 is 1. The molecule has 12 nitrogen and oxygen atoms in total. The van der Waals surface area contributed by atoms with Gasteiger partial charge in [0.2, 0.25) is 18.1 Å². The molecule has 12 heteroatoms. The number of ether oxygens (including phenoxy) is 3. The van der Waals surface area contributed by atoms with Crippen LogP contribution in [0, 0.1) is 0 Å². The van der Waals surface area contributed by atoms with Gasteiger partial charge >= 0.3 is 0 Å². The van der Waals surface area contributed by atoms with Gasteiger partial charge in [-0.25, -0.2) is 0 Å². The van der Waals surface area contributed by atoms with E-state index in [9.17, 15) is 4.79 Å². The predicted molar refractivity (Wildman–Crippen MR) is 134 cm³/mol. The van der Waals surface area contributed by atoms with Gasteiger partial charge in [0, 0.05) is 31.4 Å². The number of nitrogens with one attached hydrogen (secondary N) is 1. The van der Waals surface area contributed by atoms with Crippen LogP contribution in [0.4, 0.5) is 0 Å². The SMILES string of the molecule is COCc1cc(-c2nnc3n2N=C(OCc2ccc(CC4CC(NC=O)CO4)cn2)C2=CC=CCC23)no1. The molecule has 0 bridgehead atoms. The molecule has 1 aliphatic carbocycles. The van der Waals surface area contributed by atoms with Crippen LogP contribution in [0.25, 0.3) is 11.5 Å². The van der Waals surface area contributed by atoms with Gasteiger partial charge in [-0.1, -0.05) is 29.5 Å². The lowest BCUT2D eigenvalue weighted by Gasteiger charge is -2.26. The summed E-state index contributed by atoms with van der Waals surface area (Å²) in [6.07, 6.45) is 11.0. The van der Waals surface area contributed by atoms with Crippen LogP contribution < -0.4 is 5.32 Å². The van der Waals surface area contributed by atoms with Crippen molar-refractivity contribution in [1.29, 1.82) is 0 Å². The predicted octanol–water partition coefficient (Wildman–Crippen LogP) is 2.28. The second-order valence-corrected chi connectivity index (χ2v) is 9.37. The lowest BCUT2D eigenvalue weighted by Crippen LogP contribution is -2.27. The molecule has 5 heterocycles. The molecule has 6 rings (SSSR count). The van der Waals surface area contributed by atoms with Crippen molar-refractivity contribution in [1.82, 2.24) is 30.3 Å². The molecular weight excluding hydrogens is 490 g/mol. The molecule has 196 valence electrons. The maximum atomic E-state index is 10.6. The van der Waals surface area contributed by atoms with Gasteiger partial charge in [-0.15, -0.1) is 15.3 Å². The monoisotopic (exact) mass is 517 g/mol. The fourth-order valence-corrected chi connectivity index (χ4v) is 4.88. The summed E-state index contributed by atoms with van der Waals surface area (Å²) < 4.78 is 24.1. The van der Waals surface area contributed by atoms with E-state index in [0.717, 1.165) is 48.3 Å². The van der Waals surface area contributed by atoms with E-state index >= 15 is 0 Å². The molecule has 38 heavy (non-hydrogen) atoms. The number of carbonyl (C=O) groups is 1. The van der Waals surface area contributed by atoms with E-state index in [4.69, 9.17) is 23.8 Å². The zero-order chi connectivity index (χ0) is 25.9. The van der Waals surface area contributed by atoms with Gasteiger partial charge in [-0.05, 0) is 24.5 Å². The topological polar surface area (TPSA) is 139 Å². The van der Waals surface area contributed by atoms with E-state index in [0.29, 0.717) is 36.4 Å². The Morgan fingerprint density at radius 2 is 2.21 bits per heavy atom. The van der Waals surface area contributed by atoms with Crippen LogP contribution in [0.2, 0.25) is 0 Å². The Morgan fingerprint density at radius 3 is 3.05 bits per heavy atom. The highest BCUT2D eigenvalue weighted by Gasteiger charge is 2.34. The highest BCUT2D eigenvalue weighted by Crippen LogP contribution is 2.36. The molecule has 1 N–H and O–H groups in total. The summed E-state index contributed by atoms with van der Waals surface area (Å²) in [6, 6.07) is 5.82. The van der Waals surface area contributed by atoms with Crippen LogP contribution in [0.15, 0.2) is 57.8 Å². The van der Waals surface area contributed by atoms with E-state index in [1.165, 1.54) is 0 Å². The van der Waals surface area contributed by atoms with Crippen molar-refractivity contribution in [3.8, 4) is 11.5 Å². The van der Waals surface area contributed by atoms with Crippen LogP contribution in [0.1, 0.15) is 41.6 Å². The van der Waals surface area contributed by atoms with Gasteiger partial charge in [0.15, 0.2) is 17.3 Å². The largest absolute Gasteiger partial charge is 0.470 e. The number of aromatic nitrogens is 5. The Labute approximate surface area is 218 Å². The van der Waals surface area contributed by atoms with Crippen LogP contribution >= 0.6 is 0 Å². The molecule has 0 spiro atoms. The van der Waals surface area contributed by atoms with E-state index in [1.807, 2.05) is 30.5 Å². The normalized spacial score (nSPS) is 21.9. The van der Waals surface area contributed by atoms with E-state index in [1.54, 1.807) is 17.9 Å². The van der Waals surface area contributed by atoms with Crippen molar-refractivity contribution in [3.63, 3.8) is 0 Å². The van der Waals surface area contributed by atoms with E-state index in [-0.39, 0.29) is 24.7 Å². The lowest BCUT2D eigenvalue weighted by atomic mass is 9.90. The van der Waals surface area contributed by atoms with Crippen LogP contribution in [-0.2, 0) is 38.6 Å². The third-order valence-corrected chi connectivity index (χ3v) is 6.74. The van der Waals surface area contributed by atoms with Gasteiger partial charge < -0.3 is 24.1 Å². The third-order valence-electron chi connectivity index (χ3n) is 6.74. The lowest BCUT2D eigenvalue weighted by molar-refractivity contribution is -0.110. The molecule has 3 unspecified atom stereocenters. The van der Waals surface area contributed by atoms with Gasteiger partial charge in [0.05, 0.1) is 30.4 Å². The average molecular weight is 518 g/mol. The van der Waals surface area contributed by atoms with E-state index < -0.39 is 0 Å². The van der Waals surface area contributed by atoms with Gasteiger partial charge in [0.1, 0.15) is 13.2 Å². The summed E-state index contributed by atoms with van der Waals surface area (Å²) in [4.78, 5) is 15.2. The minimum Gasteiger partial charge on any atom is -0.470 e. The Balaban J connectivity index is 1.17. The summed E-state index contributed by atoms with van der Waals surface area (Å²) in [5, 5.41) is 20.4. The van der Waals surface area contributed by atoms with Crippen molar-refractivity contribution in [2.45, 2.75) is 50.5 Å².